The lowest BCUT2D eigenvalue weighted by Crippen LogP contribution is -2.24. The summed E-state index contributed by atoms with van der Waals surface area (Å²) in [6.45, 7) is 0.200. The smallest absolute Gasteiger partial charge is 0.227 e. The molecule has 0 bridgehead atoms. The molecule has 1 heterocycles. The van der Waals surface area contributed by atoms with E-state index in [0.717, 1.165) is 19.3 Å². The molecule has 1 aliphatic carbocycles. The molecule has 0 spiro atoms. The Labute approximate surface area is 227 Å². The summed E-state index contributed by atoms with van der Waals surface area (Å²) in [6, 6.07) is 23.2. The van der Waals surface area contributed by atoms with E-state index in [0.29, 0.717) is 30.0 Å². The number of halogens is 1. The van der Waals surface area contributed by atoms with Crippen molar-refractivity contribution in [3.8, 4) is 11.5 Å². The van der Waals surface area contributed by atoms with Crippen LogP contribution in [-0.4, -0.2) is 26.7 Å². The largest absolute Gasteiger partial charge is 0.457 e. The number of benzene rings is 3. The Hall–Kier alpha value is -4.33. The fourth-order valence-electron chi connectivity index (χ4n) is 5.28. The summed E-state index contributed by atoms with van der Waals surface area (Å²) in [5, 5.41) is 10.8. The number of carbonyl (C=O) groups excluding carboxylic acids is 2. The van der Waals surface area contributed by atoms with E-state index < -0.39 is 0 Å². The van der Waals surface area contributed by atoms with Gasteiger partial charge in [0.25, 0.3) is 0 Å². The molecular weight excluding hydrogens is 495 g/mol. The molecule has 1 fully saturated rings. The van der Waals surface area contributed by atoms with Crippen molar-refractivity contribution in [2.24, 2.45) is 17.8 Å². The highest BCUT2D eigenvalue weighted by atomic mass is 19.1. The Morgan fingerprint density at radius 3 is 2.26 bits per heavy atom. The molecule has 3 atom stereocenters. The number of carbonyl (C=O) groups is 2. The van der Waals surface area contributed by atoms with Crippen LogP contribution in [0.5, 0.6) is 11.5 Å². The number of nitrogens with one attached hydrogen (secondary N) is 1. The van der Waals surface area contributed by atoms with Gasteiger partial charge in [-0.05, 0) is 92.1 Å². The number of ketones is 1. The van der Waals surface area contributed by atoms with Crippen molar-refractivity contribution in [2.75, 3.05) is 5.32 Å². The van der Waals surface area contributed by atoms with Gasteiger partial charge >= 0.3 is 0 Å². The van der Waals surface area contributed by atoms with Crippen molar-refractivity contribution in [1.82, 2.24) is 15.0 Å². The van der Waals surface area contributed by atoms with Crippen molar-refractivity contribution < 1.29 is 18.7 Å². The molecule has 1 aliphatic rings. The van der Waals surface area contributed by atoms with Gasteiger partial charge in [-0.3, -0.25) is 9.59 Å². The van der Waals surface area contributed by atoms with Gasteiger partial charge in [0, 0.05) is 23.7 Å². The lowest BCUT2D eigenvalue weighted by Gasteiger charge is -2.21. The zero-order valence-electron chi connectivity index (χ0n) is 21.6. The van der Waals surface area contributed by atoms with Crippen LogP contribution in [0.25, 0.3) is 0 Å². The van der Waals surface area contributed by atoms with Gasteiger partial charge in [-0.1, -0.05) is 35.5 Å². The van der Waals surface area contributed by atoms with Gasteiger partial charge in [-0.15, -0.1) is 5.10 Å². The molecule has 1 saturated carbocycles. The number of ether oxygens (including phenoxy) is 1. The number of rotatable bonds is 9. The molecule has 0 saturated heterocycles. The van der Waals surface area contributed by atoms with Crippen LogP contribution in [-0.2, 0) is 22.6 Å². The molecule has 4 aromatic rings. The Kier molecular flexibility index (Phi) is 8.41. The van der Waals surface area contributed by atoms with Gasteiger partial charge in [0.2, 0.25) is 5.91 Å². The highest BCUT2D eigenvalue weighted by Gasteiger charge is 2.33. The van der Waals surface area contributed by atoms with Crippen molar-refractivity contribution in [3.05, 3.63) is 103 Å². The fraction of sp³-hybridized carbons (Fsp3) is 0.290. The van der Waals surface area contributed by atoms with Gasteiger partial charge < -0.3 is 10.1 Å². The van der Waals surface area contributed by atoms with E-state index >= 15 is 0 Å². The number of Topliss-reactive ketones (excluding diaryl/α,β-unsaturated/α-hetero) is 1. The van der Waals surface area contributed by atoms with E-state index in [-0.39, 0.29) is 41.8 Å². The van der Waals surface area contributed by atoms with Crippen molar-refractivity contribution in [3.63, 3.8) is 0 Å². The molecule has 1 aromatic heterocycles. The average Bonchev–Trinajstić information content (AvgIpc) is 3.36. The van der Waals surface area contributed by atoms with Gasteiger partial charge in [0.05, 0.1) is 6.20 Å². The first-order chi connectivity index (χ1) is 19.0. The molecule has 7 nitrogen and oxygen atoms in total. The number of aromatic nitrogens is 3. The van der Waals surface area contributed by atoms with Crippen LogP contribution in [0.2, 0.25) is 0 Å². The van der Waals surface area contributed by atoms with Crippen LogP contribution in [0.15, 0.2) is 91.3 Å². The second-order valence-corrected chi connectivity index (χ2v) is 10.1. The van der Waals surface area contributed by atoms with E-state index in [1.807, 2.05) is 18.2 Å². The Bertz CT molecular complexity index is 1360. The maximum Gasteiger partial charge on any atom is 0.227 e. The number of amides is 1. The van der Waals surface area contributed by atoms with Gasteiger partial charge in [0.15, 0.2) is 5.78 Å². The van der Waals surface area contributed by atoms with E-state index in [1.54, 1.807) is 53.5 Å². The predicted octanol–water partition coefficient (Wildman–Crippen LogP) is 6.08. The Morgan fingerprint density at radius 2 is 1.56 bits per heavy atom. The first kappa shape index (κ1) is 26.3. The third-order valence-electron chi connectivity index (χ3n) is 7.25. The first-order valence-electron chi connectivity index (χ1n) is 13.3. The molecule has 1 amide bonds. The molecular formula is C31H31FN4O3. The molecule has 2 unspecified atom stereocenters. The van der Waals surface area contributed by atoms with Crippen LogP contribution in [0.3, 0.4) is 0 Å². The minimum Gasteiger partial charge on any atom is -0.457 e. The summed E-state index contributed by atoms with van der Waals surface area (Å²) in [6.07, 6.45) is 6.88. The lowest BCUT2D eigenvalue weighted by atomic mass is 9.85. The average molecular weight is 527 g/mol. The zero-order valence-corrected chi connectivity index (χ0v) is 21.6. The van der Waals surface area contributed by atoms with Crippen molar-refractivity contribution in [2.45, 2.75) is 38.6 Å². The Morgan fingerprint density at radius 1 is 0.897 bits per heavy atom. The SMILES string of the molecule is O=C(Cn1ccnn1)C1CC[C@H](C(=O)Nc2ccc(Oc3ccc(F)cc3)cc2)CC(Cc2ccccc2)C1. The molecule has 8 heteroatoms. The second kappa shape index (κ2) is 12.5. The minimum atomic E-state index is -0.323. The monoisotopic (exact) mass is 526 g/mol. The maximum atomic E-state index is 13.4. The number of hydrogen-bond donors (Lipinski definition) is 1. The van der Waals surface area contributed by atoms with Gasteiger partial charge in [-0.2, -0.15) is 0 Å². The molecule has 200 valence electrons. The number of hydrogen-bond acceptors (Lipinski definition) is 5. The zero-order chi connectivity index (χ0) is 27.0. The summed E-state index contributed by atoms with van der Waals surface area (Å²) in [5.41, 5.74) is 1.89. The summed E-state index contributed by atoms with van der Waals surface area (Å²) < 4.78 is 20.4. The van der Waals surface area contributed by atoms with Crippen LogP contribution in [0.1, 0.15) is 31.2 Å². The fourth-order valence-corrected chi connectivity index (χ4v) is 5.28. The standard InChI is InChI=1S/C31H31FN4O3/c32-26-8-12-28(13-9-26)39-29-14-10-27(11-15-29)34-31(38)25-7-6-24(30(37)21-36-17-16-33-35-36)19-23(20-25)18-22-4-2-1-3-5-22/h1-5,8-17,23-25H,6-7,18-21H2,(H,34,38)/t23?,24?,25-/m0/s1. The molecule has 39 heavy (non-hydrogen) atoms. The minimum absolute atomic E-state index is 0.0374. The van der Waals surface area contributed by atoms with E-state index in [4.69, 9.17) is 4.74 Å². The highest BCUT2D eigenvalue weighted by molar-refractivity contribution is 5.92. The van der Waals surface area contributed by atoms with Crippen LogP contribution >= 0.6 is 0 Å². The molecule has 0 aliphatic heterocycles. The normalized spacial score (nSPS) is 19.2. The third kappa shape index (κ3) is 7.37. The molecule has 5 rings (SSSR count). The number of nitrogens with zero attached hydrogens (tertiary/aromatic N) is 3. The summed E-state index contributed by atoms with van der Waals surface area (Å²) in [7, 11) is 0. The lowest BCUT2D eigenvalue weighted by molar-refractivity contribution is -0.124. The van der Waals surface area contributed by atoms with Gasteiger partial charge in [0.1, 0.15) is 23.9 Å². The summed E-state index contributed by atoms with van der Waals surface area (Å²) >= 11 is 0. The van der Waals surface area contributed by atoms with Crippen LogP contribution < -0.4 is 10.1 Å². The molecule has 1 N–H and O–H groups in total. The highest BCUT2D eigenvalue weighted by Crippen LogP contribution is 2.35. The maximum absolute atomic E-state index is 13.4. The van der Waals surface area contributed by atoms with E-state index in [2.05, 4.69) is 27.8 Å². The Balaban J connectivity index is 1.24. The summed E-state index contributed by atoms with van der Waals surface area (Å²) in [4.78, 5) is 26.5. The second-order valence-electron chi connectivity index (χ2n) is 10.1. The van der Waals surface area contributed by atoms with Crippen molar-refractivity contribution in [1.29, 1.82) is 0 Å². The predicted molar refractivity (Wildman–Crippen MR) is 146 cm³/mol. The first-order valence-corrected chi connectivity index (χ1v) is 13.3. The summed E-state index contributed by atoms with van der Waals surface area (Å²) in [5.74, 6) is 0.787. The topological polar surface area (TPSA) is 86.1 Å². The van der Waals surface area contributed by atoms with Crippen LogP contribution in [0.4, 0.5) is 10.1 Å². The molecule has 0 radical (unpaired) electrons. The molecule has 3 aromatic carbocycles. The van der Waals surface area contributed by atoms with Crippen molar-refractivity contribution >= 4 is 17.4 Å². The third-order valence-corrected chi connectivity index (χ3v) is 7.25. The number of anilines is 1. The van der Waals surface area contributed by atoms with E-state index in [9.17, 15) is 14.0 Å². The van der Waals surface area contributed by atoms with Crippen LogP contribution in [0, 0.1) is 23.6 Å². The van der Waals surface area contributed by atoms with E-state index in [1.165, 1.54) is 17.7 Å². The van der Waals surface area contributed by atoms with Gasteiger partial charge in [-0.25, -0.2) is 9.07 Å². The quantitative estimate of drug-likeness (QED) is 0.267.